The lowest BCUT2D eigenvalue weighted by Gasteiger charge is -2.23. The number of nitrogens with one attached hydrogen (secondary N) is 1. The Morgan fingerprint density at radius 2 is 1.79 bits per heavy atom. The molecule has 0 bridgehead atoms. The molecule has 2 aromatic heterocycles. The number of aromatic nitrogens is 5. The molecule has 2 heterocycles. The van der Waals surface area contributed by atoms with Crippen LogP contribution in [-0.4, -0.2) is 58.0 Å². The van der Waals surface area contributed by atoms with Crippen LogP contribution in [0.1, 0.15) is 17.0 Å². The molecule has 0 fully saturated rings. The van der Waals surface area contributed by atoms with Crippen LogP contribution >= 0.6 is 0 Å². The highest BCUT2D eigenvalue weighted by Gasteiger charge is 2.17. The summed E-state index contributed by atoms with van der Waals surface area (Å²) in [4.78, 5) is 18.0. The minimum atomic E-state index is -0.137. The number of methoxy groups -OCH3 is 3. The van der Waals surface area contributed by atoms with Crippen molar-refractivity contribution >= 4 is 10.9 Å². The van der Waals surface area contributed by atoms with Crippen LogP contribution in [-0.2, 0) is 30.9 Å². The molecule has 1 N–H and O–H groups in total. The number of aromatic amines is 1. The number of ether oxygens (including phenoxy) is 3. The highest BCUT2D eigenvalue weighted by atomic mass is 16.5. The molecule has 0 amide bonds. The molecule has 0 atom stereocenters. The van der Waals surface area contributed by atoms with E-state index in [0.29, 0.717) is 44.2 Å². The largest absolute Gasteiger partial charge is 0.497 e. The number of pyridine rings is 1. The summed E-state index contributed by atoms with van der Waals surface area (Å²) >= 11 is 0. The molecule has 4 rings (SSSR count). The Balaban J connectivity index is 1.67. The summed E-state index contributed by atoms with van der Waals surface area (Å²) in [5, 5.41) is 13.0. The zero-order valence-electron chi connectivity index (χ0n) is 19.5. The fourth-order valence-corrected chi connectivity index (χ4v) is 3.85. The van der Waals surface area contributed by atoms with Crippen LogP contribution < -0.4 is 15.0 Å². The number of para-hydroxylation sites is 1. The Bertz CT molecular complexity index is 1300. The fraction of sp³-hybridized carbons (Fsp3) is 0.333. The number of hydrogen-bond donors (Lipinski definition) is 1. The Morgan fingerprint density at radius 3 is 2.59 bits per heavy atom. The molecule has 0 aliphatic rings. The monoisotopic (exact) mass is 464 g/mol. The topological polar surface area (TPSA) is 107 Å². The molecule has 0 aliphatic heterocycles. The molecule has 0 saturated carbocycles. The van der Waals surface area contributed by atoms with Gasteiger partial charge in [-0.3, -0.25) is 9.69 Å². The first-order valence-corrected chi connectivity index (χ1v) is 10.9. The van der Waals surface area contributed by atoms with Crippen molar-refractivity contribution in [2.45, 2.75) is 26.2 Å². The first-order chi connectivity index (χ1) is 16.6. The van der Waals surface area contributed by atoms with Crippen molar-refractivity contribution in [2.75, 3.05) is 27.9 Å². The molecule has 0 unspecified atom stereocenters. The van der Waals surface area contributed by atoms with Crippen molar-refractivity contribution < 1.29 is 14.2 Å². The molecule has 2 aromatic carbocycles. The molecule has 0 saturated heterocycles. The third-order valence-electron chi connectivity index (χ3n) is 5.59. The van der Waals surface area contributed by atoms with Gasteiger partial charge in [-0.1, -0.05) is 18.2 Å². The number of H-pyrrole nitrogens is 1. The first-order valence-electron chi connectivity index (χ1n) is 10.9. The summed E-state index contributed by atoms with van der Waals surface area (Å²) in [5.74, 6) is 2.20. The number of hydrogen-bond acceptors (Lipinski definition) is 8. The third kappa shape index (κ3) is 5.41. The zero-order valence-corrected chi connectivity index (χ0v) is 19.5. The summed E-state index contributed by atoms with van der Waals surface area (Å²) in [5.41, 5.74) is 2.25. The van der Waals surface area contributed by atoms with Gasteiger partial charge in [-0.05, 0) is 40.8 Å². The molecule has 0 radical (unpaired) electrons. The van der Waals surface area contributed by atoms with Crippen molar-refractivity contribution in [1.82, 2.24) is 30.1 Å². The van der Waals surface area contributed by atoms with Crippen LogP contribution in [0.15, 0.2) is 53.3 Å². The van der Waals surface area contributed by atoms with E-state index >= 15 is 0 Å². The zero-order chi connectivity index (χ0) is 23.9. The van der Waals surface area contributed by atoms with Crippen molar-refractivity contribution in [3.8, 4) is 11.5 Å². The molecule has 0 spiro atoms. The van der Waals surface area contributed by atoms with Gasteiger partial charge in [0.2, 0.25) is 0 Å². The fourth-order valence-electron chi connectivity index (χ4n) is 3.85. The summed E-state index contributed by atoms with van der Waals surface area (Å²) < 4.78 is 17.8. The van der Waals surface area contributed by atoms with E-state index < -0.39 is 0 Å². The summed E-state index contributed by atoms with van der Waals surface area (Å²) in [6.45, 7) is 2.40. The van der Waals surface area contributed by atoms with E-state index in [0.717, 1.165) is 28.0 Å². The minimum absolute atomic E-state index is 0.137. The molecule has 0 aliphatic carbocycles. The van der Waals surface area contributed by atoms with Crippen molar-refractivity contribution in [3.05, 3.63) is 75.8 Å². The number of rotatable bonds is 11. The average Bonchev–Trinajstić information content (AvgIpc) is 3.29. The van der Waals surface area contributed by atoms with Gasteiger partial charge in [0, 0.05) is 42.2 Å². The SMILES string of the molecule is COCCn1nnnc1CN(Cc1ccccc1OC)Cc1cc2cc(OC)ccc2[nH]c1=O. The van der Waals surface area contributed by atoms with Crippen molar-refractivity contribution in [1.29, 1.82) is 0 Å². The lowest BCUT2D eigenvalue weighted by molar-refractivity contribution is 0.177. The molecule has 4 aromatic rings. The van der Waals surface area contributed by atoms with E-state index in [-0.39, 0.29) is 5.56 Å². The number of nitrogens with zero attached hydrogens (tertiary/aromatic N) is 5. The Kier molecular flexibility index (Phi) is 7.51. The molecule has 34 heavy (non-hydrogen) atoms. The number of tetrazole rings is 1. The summed E-state index contributed by atoms with van der Waals surface area (Å²) in [6.07, 6.45) is 0. The normalized spacial score (nSPS) is 11.3. The van der Waals surface area contributed by atoms with Gasteiger partial charge in [-0.25, -0.2) is 4.68 Å². The van der Waals surface area contributed by atoms with Crippen LogP contribution in [0.3, 0.4) is 0 Å². The van der Waals surface area contributed by atoms with E-state index in [1.165, 1.54) is 0 Å². The Morgan fingerprint density at radius 1 is 0.971 bits per heavy atom. The quantitative estimate of drug-likeness (QED) is 0.361. The van der Waals surface area contributed by atoms with Crippen molar-refractivity contribution in [2.24, 2.45) is 0 Å². The maximum Gasteiger partial charge on any atom is 0.252 e. The van der Waals surface area contributed by atoms with E-state index in [9.17, 15) is 4.79 Å². The van der Waals surface area contributed by atoms with Crippen molar-refractivity contribution in [3.63, 3.8) is 0 Å². The van der Waals surface area contributed by atoms with E-state index in [2.05, 4.69) is 25.4 Å². The van der Waals surface area contributed by atoms with Gasteiger partial charge in [0.15, 0.2) is 5.82 Å². The van der Waals surface area contributed by atoms with Crippen LogP contribution in [0.4, 0.5) is 0 Å². The minimum Gasteiger partial charge on any atom is -0.497 e. The lowest BCUT2D eigenvalue weighted by Crippen LogP contribution is -2.28. The molecular weight excluding hydrogens is 436 g/mol. The smallest absolute Gasteiger partial charge is 0.252 e. The van der Waals surface area contributed by atoms with Gasteiger partial charge in [0.05, 0.1) is 33.9 Å². The third-order valence-corrected chi connectivity index (χ3v) is 5.59. The molecular formula is C24H28N6O4. The summed E-state index contributed by atoms with van der Waals surface area (Å²) in [6, 6.07) is 15.3. The van der Waals surface area contributed by atoms with E-state index in [1.807, 2.05) is 48.5 Å². The number of benzene rings is 2. The molecule has 10 heteroatoms. The Hall–Kier alpha value is -3.76. The predicted molar refractivity (Wildman–Crippen MR) is 127 cm³/mol. The second kappa shape index (κ2) is 10.9. The van der Waals surface area contributed by atoms with Gasteiger partial charge < -0.3 is 19.2 Å². The van der Waals surface area contributed by atoms with E-state index in [1.54, 1.807) is 26.0 Å². The first kappa shape index (κ1) is 23.4. The standard InChI is InChI=1S/C24H28N6O4/c1-32-11-10-30-23(26-27-28-30)16-29(14-17-6-4-5-7-22(17)34-3)15-19-12-18-13-20(33-2)8-9-21(18)25-24(19)31/h4-9,12-13H,10-11,14-16H2,1-3H3,(H,25,31). The highest BCUT2D eigenvalue weighted by molar-refractivity contribution is 5.80. The van der Waals surface area contributed by atoms with Gasteiger partial charge in [0.1, 0.15) is 11.5 Å². The number of fused-ring (bicyclic) bond motifs is 1. The maximum atomic E-state index is 12.9. The van der Waals surface area contributed by atoms with Crippen LogP contribution in [0, 0.1) is 0 Å². The lowest BCUT2D eigenvalue weighted by atomic mass is 10.1. The van der Waals surface area contributed by atoms with Gasteiger partial charge in [0.25, 0.3) is 5.56 Å². The Labute approximate surface area is 197 Å². The highest BCUT2D eigenvalue weighted by Crippen LogP contribution is 2.23. The predicted octanol–water partition coefficient (Wildman–Crippen LogP) is 2.38. The van der Waals surface area contributed by atoms with Crippen LogP contribution in [0.5, 0.6) is 11.5 Å². The van der Waals surface area contributed by atoms with Gasteiger partial charge in [-0.2, -0.15) is 0 Å². The second-order valence-corrected chi connectivity index (χ2v) is 7.84. The van der Waals surface area contributed by atoms with Crippen LogP contribution in [0.2, 0.25) is 0 Å². The molecule has 178 valence electrons. The van der Waals surface area contributed by atoms with Gasteiger partial charge in [-0.15, -0.1) is 5.10 Å². The second-order valence-electron chi connectivity index (χ2n) is 7.84. The average molecular weight is 465 g/mol. The van der Waals surface area contributed by atoms with Gasteiger partial charge >= 0.3 is 0 Å². The van der Waals surface area contributed by atoms with Crippen LogP contribution in [0.25, 0.3) is 10.9 Å². The van der Waals surface area contributed by atoms with E-state index in [4.69, 9.17) is 14.2 Å². The summed E-state index contributed by atoms with van der Waals surface area (Å²) in [7, 11) is 4.91. The maximum absolute atomic E-state index is 12.9. The molecule has 10 nitrogen and oxygen atoms in total.